The molecule has 108 valence electrons. The van der Waals surface area contributed by atoms with Gasteiger partial charge >= 0.3 is 0 Å². The Morgan fingerprint density at radius 3 is 2.75 bits per heavy atom. The molecule has 2 unspecified atom stereocenters. The molecule has 0 bridgehead atoms. The zero-order valence-electron chi connectivity index (χ0n) is 11.4. The van der Waals surface area contributed by atoms with E-state index in [0.717, 1.165) is 25.7 Å². The van der Waals surface area contributed by atoms with Crippen molar-refractivity contribution >= 4 is 11.8 Å². The number of H-pyrrole nitrogens is 1. The maximum Gasteiger partial charge on any atom is 0.247 e. The fourth-order valence-electron chi connectivity index (χ4n) is 3.06. The van der Waals surface area contributed by atoms with Crippen LogP contribution in [0.4, 0.5) is 0 Å². The second-order valence-electron chi connectivity index (χ2n) is 5.46. The first-order chi connectivity index (χ1) is 9.66. The third-order valence-corrected chi connectivity index (χ3v) is 4.07. The molecule has 2 aliphatic rings. The van der Waals surface area contributed by atoms with Crippen molar-refractivity contribution in [1.82, 2.24) is 30.8 Å². The maximum atomic E-state index is 12.4. The first-order valence-corrected chi connectivity index (χ1v) is 7.02. The van der Waals surface area contributed by atoms with E-state index < -0.39 is 6.04 Å². The van der Waals surface area contributed by atoms with E-state index in [1.165, 1.54) is 4.90 Å². The highest BCUT2D eigenvalue weighted by Gasteiger charge is 2.43. The number of tetrazole rings is 1. The summed E-state index contributed by atoms with van der Waals surface area (Å²) in [5.41, 5.74) is 0. The summed E-state index contributed by atoms with van der Waals surface area (Å²) in [5, 5.41) is 16.7. The van der Waals surface area contributed by atoms with Crippen molar-refractivity contribution in [3.05, 3.63) is 5.82 Å². The number of carbonyl (C=O) groups excluding carboxylic acids is 2. The molecule has 2 heterocycles. The predicted molar refractivity (Wildman–Crippen MR) is 68.2 cm³/mol. The topological polar surface area (TPSA) is 104 Å². The van der Waals surface area contributed by atoms with E-state index in [9.17, 15) is 9.59 Å². The lowest BCUT2D eigenvalue weighted by Crippen LogP contribution is -2.43. The number of aromatic nitrogens is 4. The van der Waals surface area contributed by atoms with E-state index >= 15 is 0 Å². The maximum absolute atomic E-state index is 12.4. The van der Waals surface area contributed by atoms with Gasteiger partial charge in [0.05, 0.1) is 18.5 Å². The summed E-state index contributed by atoms with van der Waals surface area (Å²) < 4.78 is 0. The summed E-state index contributed by atoms with van der Waals surface area (Å²) >= 11 is 0. The Morgan fingerprint density at radius 1 is 1.35 bits per heavy atom. The molecule has 0 aromatic carbocycles. The molecule has 20 heavy (non-hydrogen) atoms. The Morgan fingerprint density at radius 2 is 2.10 bits per heavy atom. The number of nitrogens with zero attached hydrogens (tertiary/aromatic N) is 4. The minimum Gasteiger partial charge on any atom is -0.296 e. The highest BCUT2D eigenvalue weighted by molar-refractivity contribution is 6.05. The lowest BCUT2D eigenvalue weighted by atomic mass is 10.2. The van der Waals surface area contributed by atoms with Crippen molar-refractivity contribution in [2.45, 2.75) is 57.2 Å². The van der Waals surface area contributed by atoms with Crippen LogP contribution in [0.1, 0.15) is 50.9 Å². The van der Waals surface area contributed by atoms with Gasteiger partial charge in [0.15, 0.2) is 5.82 Å². The molecule has 0 radical (unpaired) electrons. The van der Waals surface area contributed by atoms with Crippen LogP contribution < -0.4 is 5.32 Å². The van der Waals surface area contributed by atoms with Crippen LogP contribution in [0, 0.1) is 0 Å². The van der Waals surface area contributed by atoms with Gasteiger partial charge in [-0.3, -0.25) is 19.8 Å². The second-order valence-corrected chi connectivity index (χ2v) is 5.46. The van der Waals surface area contributed by atoms with Crippen LogP contribution in [0.5, 0.6) is 0 Å². The van der Waals surface area contributed by atoms with Gasteiger partial charge in [0, 0.05) is 6.04 Å². The summed E-state index contributed by atoms with van der Waals surface area (Å²) in [5.74, 6) is 0.307. The SMILES string of the molecule is CC(NC1CC(=O)N(C2CCCC2)C1=O)c1nn[nH]n1. The minimum atomic E-state index is -0.475. The average molecular weight is 278 g/mol. The Bertz CT molecular complexity index is 496. The molecule has 2 fully saturated rings. The molecule has 1 aliphatic carbocycles. The number of likely N-dealkylation sites (tertiary alicyclic amines) is 1. The normalized spacial score (nSPS) is 25.6. The van der Waals surface area contributed by atoms with Crippen LogP contribution in [-0.4, -0.2) is 49.4 Å². The van der Waals surface area contributed by atoms with Gasteiger partial charge in [-0.15, -0.1) is 10.2 Å². The van der Waals surface area contributed by atoms with Gasteiger partial charge in [-0.25, -0.2) is 0 Å². The lowest BCUT2D eigenvalue weighted by molar-refractivity contribution is -0.141. The molecule has 2 atom stereocenters. The molecule has 1 aromatic heterocycles. The Kier molecular flexibility index (Phi) is 3.47. The summed E-state index contributed by atoms with van der Waals surface area (Å²) in [7, 11) is 0. The largest absolute Gasteiger partial charge is 0.296 e. The summed E-state index contributed by atoms with van der Waals surface area (Å²) in [6, 6.07) is -0.599. The van der Waals surface area contributed by atoms with Crippen LogP contribution in [0.2, 0.25) is 0 Å². The van der Waals surface area contributed by atoms with Crippen molar-refractivity contribution in [2.75, 3.05) is 0 Å². The molecule has 8 nitrogen and oxygen atoms in total. The number of hydrogen-bond donors (Lipinski definition) is 2. The Balaban J connectivity index is 1.66. The Labute approximate surface area is 116 Å². The number of amides is 2. The standard InChI is InChI=1S/C12H18N6O2/c1-7(11-14-16-17-15-11)13-9-6-10(19)18(12(9)20)8-4-2-3-5-8/h7-9,13H,2-6H2,1H3,(H,14,15,16,17). The van der Waals surface area contributed by atoms with Crippen LogP contribution >= 0.6 is 0 Å². The quantitative estimate of drug-likeness (QED) is 0.747. The van der Waals surface area contributed by atoms with Crippen molar-refractivity contribution < 1.29 is 9.59 Å². The number of nitrogens with one attached hydrogen (secondary N) is 2. The first-order valence-electron chi connectivity index (χ1n) is 7.02. The zero-order valence-corrected chi connectivity index (χ0v) is 11.4. The highest BCUT2D eigenvalue weighted by atomic mass is 16.2. The summed E-state index contributed by atoms with van der Waals surface area (Å²) in [6.07, 6.45) is 4.28. The van der Waals surface area contributed by atoms with Gasteiger partial charge in [0.25, 0.3) is 0 Å². The molecule has 2 amide bonds. The van der Waals surface area contributed by atoms with Crippen LogP contribution in [-0.2, 0) is 9.59 Å². The van der Waals surface area contributed by atoms with Gasteiger partial charge in [0.1, 0.15) is 0 Å². The molecule has 1 aliphatic heterocycles. The molecule has 0 spiro atoms. The molecule has 2 N–H and O–H groups in total. The predicted octanol–water partition coefficient (Wildman–Crippen LogP) is -0.0796. The molecular weight excluding hydrogens is 260 g/mol. The van der Waals surface area contributed by atoms with E-state index in [0.29, 0.717) is 5.82 Å². The van der Waals surface area contributed by atoms with Crippen LogP contribution in [0.25, 0.3) is 0 Å². The Hall–Kier alpha value is -1.83. The van der Waals surface area contributed by atoms with E-state index in [2.05, 4.69) is 25.9 Å². The molecule has 1 aromatic rings. The van der Waals surface area contributed by atoms with Gasteiger partial charge in [0.2, 0.25) is 11.8 Å². The average Bonchev–Trinajstić information content (AvgIpc) is 3.13. The van der Waals surface area contributed by atoms with E-state index in [1.54, 1.807) is 0 Å². The van der Waals surface area contributed by atoms with Gasteiger partial charge in [-0.05, 0) is 19.8 Å². The van der Waals surface area contributed by atoms with E-state index in [-0.39, 0.29) is 30.3 Å². The van der Waals surface area contributed by atoms with Gasteiger partial charge < -0.3 is 0 Å². The van der Waals surface area contributed by atoms with Crippen molar-refractivity contribution in [1.29, 1.82) is 0 Å². The van der Waals surface area contributed by atoms with E-state index in [4.69, 9.17) is 0 Å². The molecule has 1 saturated heterocycles. The highest BCUT2D eigenvalue weighted by Crippen LogP contribution is 2.28. The lowest BCUT2D eigenvalue weighted by Gasteiger charge is -2.22. The monoisotopic (exact) mass is 278 g/mol. The number of carbonyl (C=O) groups is 2. The molecule has 8 heteroatoms. The van der Waals surface area contributed by atoms with Crippen molar-refractivity contribution in [3.8, 4) is 0 Å². The van der Waals surface area contributed by atoms with E-state index in [1.807, 2.05) is 6.92 Å². The number of aromatic amines is 1. The summed E-state index contributed by atoms with van der Waals surface area (Å²) in [6.45, 7) is 1.85. The fraction of sp³-hybridized carbons (Fsp3) is 0.750. The molecular formula is C12H18N6O2. The fourth-order valence-corrected chi connectivity index (χ4v) is 3.06. The third-order valence-electron chi connectivity index (χ3n) is 4.07. The number of rotatable bonds is 4. The smallest absolute Gasteiger partial charge is 0.247 e. The van der Waals surface area contributed by atoms with Crippen LogP contribution in [0.15, 0.2) is 0 Å². The zero-order chi connectivity index (χ0) is 14.1. The van der Waals surface area contributed by atoms with Crippen molar-refractivity contribution in [2.24, 2.45) is 0 Å². The van der Waals surface area contributed by atoms with Gasteiger partial charge in [-0.2, -0.15) is 5.21 Å². The molecule has 1 saturated carbocycles. The number of hydrogen-bond acceptors (Lipinski definition) is 6. The first kappa shape index (κ1) is 13.2. The molecule has 3 rings (SSSR count). The summed E-state index contributed by atoms with van der Waals surface area (Å²) in [4.78, 5) is 25.9. The minimum absolute atomic E-state index is 0.0697. The van der Waals surface area contributed by atoms with Gasteiger partial charge in [-0.1, -0.05) is 18.1 Å². The second kappa shape index (κ2) is 5.28. The van der Waals surface area contributed by atoms with Crippen molar-refractivity contribution in [3.63, 3.8) is 0 Å². The number of imide groups is 1. The van der Waals surface area contributed by atoms with Crippen LogP contribution in [0.3, 0.4) is 0 Å². The third kappa shape index (κ3) is 2.31.